The molecule has 2 saturated heterocycles. The van der Waals surface area contributed by atoms with Crippen molar-refractivity contribution in [1.29, 1.82) is 0 Å². The molecule has 2 amide bonds. The molecule has 27 heavy (non-hydrogen) atoms. The van der Waals surface area contributed by atoms with Gasteiger partial charge < -0.3 is 14.4 Å². The zero-order valence-corrected chi connectivity index (χ0v) is 15.7. The highest BCUT2D eigenvalue weighted by molar-refractivity contribution is 6.31. The summed E-state index contributed by atoms with van der Waals surface area (Å²) in [5.41, 5.74) is 1.21. The molecule has 2 atom stereocenters. The average Bonchev–Trinajstić information content (AvgIpc) is 3.04. The summed E-state index contributed by atoms with van der Waals surface area (Å²) in [5, 5.41) is 0.275. The van der Waals surface area contributed by atoms with Crippen molar-refractivity contribution < 1.29 is 14.0 Å². The van der Waals surface area contributed by atoms with Crippen LogP contribution in [0, 0.1) is 11.7 Å². The molecule has 3 heterocycles. The van der Waals surface area contributed by atoms with E-state index in [9.17, 15) is 14.0 Å². The molecule has 0 saturated carbocycles. The lowest BCUT2D eigenvalue weighted by atomic mass is 9.82. The molecule has 0 spiro atoms. The van der Waals surface area contributed by atoms with Crippen LogP contribution in [0.15, 0.2) is 30.7 Å². The molecule has 2 aromatic rings. The predicted molar refractivity (Wildman–Crippen MR) is 97.8 cm³/mol. The van der Waals surface area contributed by atoms with Crippen LogP contribution in [0.2, 0.25) is 5.02 Å². The summed E-state index contributed by atoms with van der Waals surface area (Å²) >= 11 is 6.03. The fraction of sp³-hybridized carbons (Fsp3) is 0.421. The summed E-state index contributed by atoms with van der Waals surface area (Å²) in [6.07, 6.45) is 4.12. The van der Waals surface area contributed by atoms with Crippen molar-refractivity contribution in [3.8, 4) is 0 Å². The second-order valence-electron chi connectivity index (χ2n) is 7.22. The normalized spacial score (nSPS) is 21.6. The van der Waals surface area contributed by atoms with E-state index in [0.717, 1.165) is 6.42 Å². The van der Waals surface area contributed by atoms with E-state index in [2.05, 4.69) is 4.98 Å². The number of likely N-dealkylation sites (tertiary alicyclic amines) is 2. The third-order valence-corrected chi connectivity index (χ3v) is 5.88. The number of amides is 2. The molecule has 2 aliphatic heterocycles. The molecule has 1 aromatic carbocycles. The van der Waals surface area contributed by atoms with Crippen molar-refractivity contribution in [3.63, 3.8) is 0 Å². The molecule has 6 nitrogen and oxygen atoms in total. The maximum absolute atomic E-state index is 13.2. The van der Waals surface area contributed by atoms with E-state index in [1.54, 1.807) is 30.2 Å². The highest BCUT2D eigenvalue weighted by Crippen LogP contribution is 2.33. The number of fused-ring (bicyclic) bond motifs is 1. The molecule has 0 radical (unpaired) electrons. The van der Waals surface area contributed by atoms with E-state index in [1.807, 2.05) is 9.80 Å². The Morgan fingerprint density at radius 1 is 1.33 bits per heavy atom. The summed E-state index contributed by atoms with van der Waals surface area (Å²) in [4.78, 5) is 32.9. The molecule has 8 heteroatoms. The van der Waals surface area contributed by atoms with Crippen LogP contribution in [0.4, 0.5) is 4.39 Å². The third-order valence-electron chi connectivity index (χ3n) is 5.53. The highest BCUT2D eigenvalue weighted by Gasteiger charge is 2.45. The van der Waals surface area contributed by atoms with Crippen molar-refractivity contribution in [2.24, 2.45) is 13.0 Å². The van der Waals surface area contributed by atoms with Crippen LogP contribution in [-0.2, 0) is 18.3 Å². The average molecular weight is 391 g/mol. The smallest absolute Gasteiger partial charge is 0.272 e. The Kier molecular flexibility index (Phi) is 4.63. The van der Waals surface area contributed by atoms with E-state index < -0.39 is 5.82 Å². The molecule has 2 fully saturated rings. The molecule has 4 rings (SSSR count). The number of halogens is 2. The first-order chi connectivity index (χ1) is 12.9. The molecule has 0 aliphatic carbocycles. The van der Waals surface area contributed by atoms with Crippen molar-refractivity contribution in [3.05, 3.63) is 52.8 Å². The van der Waals surface area contributed by atoms with E-state index in [-0.39, 0.29) is 29.3 Å². The Morgan fingerprint density at radius 3 is 2.81 bits per heavy atom. The van der Waals surface area contributed by atoms with Gasteiger partial charge in [-0.1, -0.05) is 17.7 Å². The number of imidazole rings is 1. The number of hydrogen-bond acceptors (Lipinski definition) is 3. The minimum absolute atomic E-state index is 0.00355. The van der Waals surface area contributed by atoms with Crippen LogP contribution in [0.25, 0.3) is 0 Å². The molecule has 0 bridgehead atoms. The lowest BCUT2D eigenvalue weighted by molar-refractivity contribution is -0.146. The Labute approximate surface area is 161 Å². The Morgan fingerprint density at radius 2 is 2.15 bits per heavy atom. The summed E-state index contributed by atoms with van der Waals surface area (Å²) in [7, 11) is 1.80. The van der Waals surface area contributed by atoms with Gasteiger partial charge in [-0.3, -0.25) is 9.59 Å². The van der Waals surface area contributed by atoms with Crippen LogP contribution in [0.5, 0.6) is 0 Å². The van der Waals surface area contributed by atoms with Gasteiger partial charge in [0.05, 0.1) is 18.9 Å². The quantitative estimate of drug-likeness (QED) is 0.806. The third kappa shape index (κ3) is 3.32. The number of piperidine rings is 1. The van der Waals surface area contributed by atoms with Gasteiger partial charge in [-0.15, -0.1) is 0 Å². The topological polar surface area (TPSA) is 58.4 Å². The first kappa shape index (κ1) is 18.0. The molecule has 2 aliphatic rings. The Bertz CT molecular complexity index is 900. The molecular formula is C19H20ClFN4O2. The molecule has 142 valence electrons. The second kappa shape index (κ2) is 6.96. The maximum atomic E-state index is 13.2. The number of carbonyl (C=O) groups is 2. The summed E-state index contributed by atoms with van der Waals surface area (Å²) in [6.45, 7) is 1.90. The van der Waals surface area contributed by atoms with Crippen LogP contribution in [-0.4, -0.2) is 56.8 Å². The molecule has 1 aromatic heterocycles. The number of rotatable bonds is 3. The predicted octanol–water partition coefficient (Wildman–Crippen LogP) is 2.13. The van der Waals surface area contributed by atoms with Gasteiger partial charge in [-0.05, 0) is 24.1 Å². The summed E-state index contributed by atoms with van der Waals surface area (Å²) in [5.74, 6) is -0.137. The Hall–Kier alpha value is -2.41. The van der Waals surface area contributed by atoms with Crippen LogP contribution >= 0.6 is 11.6 Å². The van der Waals surface area contributed by atoms with Gasteiger partial charge >= 0.3 is 0 Å². The van der Waals surface area contributed by atoms with Gasteiger partial charge in [0.15, 0.2) is 0 Å². The highest BCUT2D eigenvalue weighted by atomic mass is 35.5. The molecule has 0 N–H and O–H groups in total. The number of aryl methyl sites for hydroxylation is 1. The fourth-order valence-electron chi connectivity index (χ4n) is 3.99. The standard InChI is InChI=1S/C19H20ClFN4O2/c1-23-11-22-8-17(23)19(27)24-5-4-16-13(9-24)10-25(16)18(26)6-12-2-3-14(21)7-15(12)20/h2-3,7-8,11,13,16H,4-6,9-10H2,1H3. The number of nitrogens with zero attached hydrogens (tertiary/aromatic N) is 4. The van der Waals surface area contributed by atoms with Gasteiger partial charge in [0.25, 0.3) is 5.91 Å². The number of aromatic nitrogens is 2. The lowest BCUT2D eigenvalue weighted by Crippen LogP contribution is -2.65. The SMILES string of the molecule is Cn1cncc1C(=O)N1CCC2C(C1)CN2C(=O)Cc1ccc(F)cc1Cl. The van der Waals surface area contributed by atoms with Crippen molar-refractivity contribution in [2.75, 3.05) is 19.6 Å². The van der Waals surface area contributed by atoms with Crippen molar-refractivity contribution in [2.45, 2.75) is 18.9 Å². The van der Waals surface area contributed by atoms with Crippen molar-refractivity contribution >= 4 is 23.4 Å². The van der Waals surface area contributed by atoms with Crippen LogP contribution < -0.4 is 0 Å². The number of carbonyl (C=O) groups excluding carboxylic acids is 2. The van der Waals surface area contributed by atoms with Gasteiger partial charge in [0.1, 0.15) is 11.5 Å². The minimum Gasteiger partial charge on any atom is -0.339 e. The zero-order valence-electron chi connectivity index (χ0n) is 14.9. The zero-order chi connectivity index (χ0) is 19.1. The van der Waals surface area contributed by atoms with E-state index >= 15 is 0 Å². The summed E-state index contributed by atoms with van der Waals surface area (Å²) in [6, 6.07) is 4.26. The molecule has 2 unspecified atom stereocenters. The largest absolute Gasteiger partial charge is 0.339 e. The van der Waals surface area contributed by atoms with Crippen molar-refractivity contribution in [1.82, 2.24) is 19.4 Å². The van der Waals surface area contributed by atoms with E-state index in [0.29, 0.717) is 36.8 Å². The minimum atomic E-state index is -0.411. The lowest BCUT2D eigenvalue weighted by Gasteiger charge is -2.53. The Balaban J connectivity index is 1.36. The molecular weight excluding hydrogens is 371 g/mol. The van der Waals surface area contributed by atoms with Gasteiger partial charge in [-0.25, -0.2) is 9.37 Å². The van der Waals surface area contributed by atoms with Crippen LogP contribution in [0.3, 0.4) is 0 Å². The first-order valence-electron chi connectivity index (χ1n) is 8.93. The summed E-state index contributed by atoms with van der Waals surface area (Å²) < 4.78 is 14.9. The fourth-order valence-corrected chi connectivity index (χ4v) is 4.22. The van der Waals surface area contributed by atoms with E-state index in [4.69, 9.17) is 11.6 Å². The first-order valence-corrected chi connectivity index (χ1v) is 9.31. The number of benzene rings is 1. The van der Waals surface area contributed by atoms with Crippen LogP contribution in [0.1, 0.15) is 22.5 Å². The second-order valence-corrected chi connectivity index (χ2v) is 7.62. The monoisotopic (exact) mass is 390 g/mol. The van der Waals surface area contributed by atoms with Gasteiger partial charge in [0.2, 0.25) is 5.91 Å². The van der Waals surface area contributed by atoms with Gasteiger partial charge in [-0.2, -0.15) is 0 Å². The van der Waals surface area contributed by atoms with Gasteiger partial charge in [0, 0.05) is 43.7 Å². The number of hydrogen-bond donors (Lipinski definition) is 0. The maximum Gasteiger partial charge on any atom is 0.272 e. The van der Waals surface area contributed by atoms with E-state index in [1.165, 1.54) is 12.1 Å².